The van der Waals surface area contributed by atoms with Crippen molar-refractivity contribution in [1.82, 2.24) is 9.62 Å². The smallest absolute Gasteiger partial charge is 0.240 e. The molecule has 1 aliphatic heterocycles. The van der Waals surface area contributed by atoms with Crippen LogP contribution in [-0.4, -0.2) is 39.1 Å². The van der Waals surface area contributed by atoms with Crippen molar-refractivity contribution in [2.24, 2.45) is 5.92 Å². The molecule has 0 atom stereocenters. The van der Waals surface area contributed by atoms with Crippen LogP contribution in [0.2, 0.25) is 5.02 Å². The van der Waals surface area contributed by atoms with Crippen LogP contribution in [0.5, 0.6) is 5.75 Å². The van der Waals surface area contributed by atoms with Gasteiger partial charge in [-0.2, -0.15) is 0 Å². The lowest BCUT2D eigenvalue weighted by Crippen LogP contribution is -2.41. The summed E-state index contributed by atoms with van der Waals surface area (Å²) in [5.74, 6) is 0.850. The summed E-state index contributed by atoms with van der Waals surface area (Å²) < 4.78 is 59.8. The van der Waals surface area contributed by atoms with Gasteiger partial charge >= 0.3 is 0 Å². The number of sulfonamides is 1. The Kier molecular flexibility index (Phi) is 7.89. The van der Waals surface area contributed by atoms with Crippen molar-refractivity contribution in [2.45, 2.75) is 56.6 Å². The number of benzene rings is 2. The van der Waals surface area contributed by atoms with E-state index in [0.29, 0.717) is 17.9 Å². The van der Waals surface area contributed by atoms with Crippen LogP contribution in [-0.2, 0) is 29.9 Å². The zero-order valence-electron chi connectivity index (χ0n) is 18.4. The minimum absolute atomic E-state index is 0.00485. The number of hydrogen-bond acceptors (Lipinski definition) is 4. The van der Waals surface area contributed by atoms with Crippen LogP contribution in [0.3, 0.4) is 0 Å². The highest BCUT2D eigenvalue weighted by Crippen LogP contribution is 2.33. The first-order valence-electron chi connectivity index (χ1n) is 11.3. The normalized spacial score (nSPS) is 21.2. The molecule has 2 aliphatic rings. The third kappa shape index (κ3) is 6.04. The minimum Gasteiger partial charge on any atom is -0.490 e. The van der Waals surface area contributed by atoms with Crippen molar-refractivity contribution >= 4 is 21.6 Å². The fourth-order valence-corrected chi connectivity index (χ4v) is 5.98. The number of alkyl halides is 2. The summed E-state index contributed by atoms with van der Waals surface area (Å²) in [5, 5.41) is 0.700. The molecule has 1 N–H and O–H groups in total. The molecule has 1 saturated carbocycles. The standard InChI is InChI=1S/C24H29ClF2N2O3S/c25-23-12-21(5-4-19(23)16-29-7-1-2-8-29)32-22-10-18(11-22)15-28-33(30,31)24-6-3-17(13-26)9-20(24)14-27/h3-6,9,12,18,22,28H,1-2,7-8,10-11,13-16H2. The first-order chi connectivity index (χ1) is 15.9. The Morgan fingerprint density at radius 1 is 1.03 bits per heavy atom. The van der Waals surface area contributed by atoms with Crippen LogP contribution >= 0.6 is 11.6 Å². The summed E-state index contributed by atoms with van der Waals surface area (Å²) in [6, 6.07) is 9.67. The van der Waals surface area contributed by atoms with Gasteiger partial charge in [0.15, 0.2) is 0 Å². The van der Waals surface area contributed by atoms with Crippen molar-refractivity contribution < 1.29 is 21.9 Å². The maximum atomic E-state index is 13.3. The third-order valence-electron chi connectivity index (χ3n) is 6.39. The summed E-state index contributed by atoms with van der Waals surface area (Å²) in [5.41, 5.74) is 1.32. The average molecular weight is 499 g/mol. The molecule has 2 aromatic rings. The van der Waals surface area contributed by atoms with Crippen LogP contribution in [0.15, 0.2) is 41.3 Å². The second-order valence-electron chi connectivity index (χ2n) is 8.87. The fraction of sp³-hybridized carbons (Fsp3) is 0.500. The molecule has 0 unspecified atom stereocenters. The van der Waals surface area contributed by atoms with E-state index >= 15 is 0 Å². The van der Waals surface area contributed by atoms with Crippen LogP contribution in [0.4, 0.5) is 8.78 Å². The minimum atomic E-state index is -3.87. The van der Waals surface area contributed by atoms with Crippen molar-refractivity contribution in [3.05, 3.63) is 58.1 Å². The van der Waals surface area contributed by atoms with E-state index in [1.807, 2.05) is 18.2 Å². The molecule has 0 radical (unpaired) electrons. The van der Waals surface area contributed by atoms with Gasteiger partial charge in [-0.05, 0) is 80.1 Å². The van der Waals surface area contributed by atoms with Gasteiger partial charge in [-0.25, -0.2) is 21.9 Å². The Morgan fingerprint density at radius 3 is 2.45 bits per heavy atom. The van der Waals surface area contributed by atoms with Crippen LogP contribution in [0, 0.1) is 5.92 Å². The number of nitrogens with one attached hydrogen (secondary N) is 1. The van der Waals surface area contributed by atoms with E-state index < -0.39 is 23.4 Å². The lowest BCUT2D eigenvalue weighted by atomic mass is 9.82. The van der Waals surface area contributed by atoms with Crippen LogP contribution in [0.25, 0.3) is 0 Å². The molecule has 0 amide bonds. The molecule has 0 bridgehead atoms. The molecule has 1 aliphatic carbocycles. The van der Waals surface area contributed by atoms with Gasteiger partial charge in [0.25, 0.3) is 0 Å². The highest BCUT2D eigenvalue weighted by molar-refractivity contribution is 7.89. The lowest BCUT2D eigenvalue weighted by molar-refractivity contribution is 0.0673. The lowest BCUT2D eigenvalue weighted by Gasteiger charge is -2.35. The molecular formula is C24H29ClF2N2O3S. The van der Waals surface area contributed by atoms with Gasteiger partial charge < -0.3 is 4.74 Å². The second-order valence-corrected chi connectivity index (χ2v) is 11.0. The van der Waals surface area contributed by atoms with Crippen molar-refractivity contribution in [2.75, 3.05) is 19.6 Å². The van der Waals surface area contributed by atoms with Gasteiger partial charge in [0.2, 0.25) is 10.0 Å². The summed E-state index contributed by atoms with van der Waals surface area (Å²) >= 11 is 6.45. The number of ether oxygens (including phenoxy) is 1. The van der Waals surface area contributed by atoms with Crippen LogP contribution in [0.1, 0.15) is 42.4 Å². The molecule has 1 saturated heterocycles. The van der Waals surface area contributed by atoms with Crippen molar-refractivity contribution in [3.8, 4) is 5.75 Å². The van der Waals surface area contributed by atoms with Gasteiger partial charge in [-0.1, -0.05) is 23.7 Å². The molecule has 0 aromatic heterocycles. The van der Waals surface area contributed by atoms with Crippen molar-refractivity contribution in [1.29, 1.82) is 0 Å². The average Bonchev–Trinajstić information content (AvgIpc) is 3.29. The fourth-order valence-electron chi connectivity index (χ4n) is 4.43. The van der Waals surface area contributed by atoms with Crippen LogP contribution < -0.4 is 9.46 Å². The zero-order valence-corrected chi connectivity index (χ0v) is 20.0. The molecule has 33 heavy (non-hydrogen) atoms. The summed E-state index contributed by atoms with van der Waals surface area (Å²) in [4.78, 5) is 2.25. The van der Waals surface area contributed by atoms with Gasteiger partial charge in [0.05, 0.1) is 11.0 Å². The topological polar surface area (TPSA) is 58.6 Å². The maximum absolute atomic E-state index is 13.3. The molecular weight excluding hydrogens is 470 g/mol. The SMILES string of the molecule is O=S(=O)(NCC1CC(Oc2ccc(CN3CCCC3)c(Cl)c2)C1)c1ccc(CF)cc1CF. The van der Waals surface area contributed by atoms with E-state index in [-0.39, 0.29) is 34.6 Å². The number of rotatable bonds is 10. The number of nitrogens with zero attached hydrogens (tertiary/aromatic N) is 1. The maximum Gasteiger partial charge on any atom is 0.240 e. The number of halogens is 3. The van der Waals surface area contributed by atoms with E-state index in [9.17, 15) is 17.2 Å². The van der Waals surface area contributed by atoms with E-state index in [4.69, 9.17) is 16.3 Å². The number of hydrogen-bond donors (Lipinski definition) is 1. The molecule has 5 nitrogen and oxygen atoms in total. The first-order valence-corrected chi connectivity index (χ1v) is 13.1. The summed E-state index contributed by atoms with van der Waals surface area (Å²) in [6.45, 7) is 1.58. The third-order valence-corrected chi connectivity index (χ3v) is 8.26. The predicted octanol–water partition coefficient (Wildman–Crippen LogP) is 5.01. The van der Waals surface area contributed by atoms with Gasteiger partial charge in [-0.15, -0.1) is 0 Å². The number of likely N-dealkylation sites (tertiary alicyclic amines) is 1. The Hall–Kier alpha value is -1.74. The van der Waals surface area contributed by atoms with Gasteiger partial charge in [0, 0.05) is 23.7 Å². The largest absolute Gasteiger partial charge is 0.490 e. The highest BCUT2D eigenvalue weighted by atomic mass is 35.5. The Balaban J connectivity index is 1.26. The first kappa shape index (κ1) is 24.4. The second kappa shape index (κ2) is 10.7. The zero-order chi connectivity index (χ0) is 23.4. The Labute approximate surface area is 199 Å². The molecule has 0 spiro atoms. The monoisotopic (exact) mass is 498 g/mol. The van der Waals surface area contributed by atoms with E-state index in [0.717, 1.165) is 30.9 Å². The summed E-state index contributed by atoms with van der Waals surface area (Å²) in [6.07, 6.45) is 3.91. The quantitative estimate of drug-likeness (QED) is 0.500. The highest BCUT2D eigenvalue weighted by Gasteiger charge is 2.32. The summed E-state index contributed by atoms with van der Waals surface area (Å²) in [7, 11) is -3.87. The predicted molar refractivity (Wildman–Crippen MR) is 124 cm³/mol. The van der Waals surface area contributed by atoms with Gasteiger partial charge in [0.1, 0.15) is 19.1 Å². The van der Waals surface area contributed by atoms with E-state index in [1.54, 1.807) is 0 Å². The molecule has 2 fully saturated rings. The molecule has 1 heterocycles. The molecule has 180 valence electrons. The van der Waals surface area contributed by atoms with Gasteiger partial charge in [-0.3, -0.25) is 4.90 Å². The molecule has 2 aromatic carbocycles. The Bertz CT molecular complexity index is 1070. The van der Waals surface area contributed by atoms with E-state index in [1.165, 1.54) is 31.0 Å². The molecule has 9 heteroatoms. The Morgan fingerprint density at radius 2 is 1.79 bits per heavy atom. The molecule has 4 rings (SSSR count). The van der Waals surface area contributed by atoms with E-state index in [2.05, 4.69) is 9.62 Å². The van der Waals surface area contributed by atoms with Crippen molar-refractivity contribution in [3.63, 3.8) is 0 Å².